The molecule has 0 aliphatic heterocycles. The maximum atomic E-state index is 13.9. The Hall–Kier alpha value is -2.98. The lowest BCUT2D eigenvalue weighted by atomic mass is 9.72. The Bertz CT molecular complexity index is 1200. The highest BCUT2D eigenvalue weighted by atomic mass is 32.2. The summed E-state index contributed by atoms with van der Waals surface area (Å²) < 4.78 is 0. The topological polar surface area (TPSA) is 51.2 Å². The molecule has 4 heteroatoms. The van der Waals surface area contributed by atoms with E-state index in [2.05, 4.69) is 26.0 Å². The predicted molar refractivity (Wildman–Crippen MR) is 162 cm³/mol. The fraction of sp³-hybridized carbons (Fsp3) is 0.400. The van der Waals surface area contributed by atoms with Crippen LogP contribution in [0.2, 0.25) is 0 Å². The number of Topliss-reactive ketones (excluding diaryl/α,β-unsaturated/α-hetero) is 3. The first-order valence-electron chi connectivity index (χ1n) is 14.3. The molecule has 3 aromatic carbocycles. The summed E-state index contributed by atoms with van der Waals surface area (Å²) >= 11 is 1.68. The monoisotopic (exact) mass is 542 g/mol. The first kappa shape index (κ1) is 30.6. The van der Waals surface area contributed by atoms with E-state index in [-0.39, 0.29) is 17.5 Å². The lowest BCUT2D eigenvalue weighted by molar-refractivity contribution is -0.119. The van der Waals surface area contributed by atoms with Gasteiger partial charge in [-0.15, -0.1) is 0 Å². The highest BCUT2D eigenvalue weighted by Gasteiger charge is 2.35. The van der Waals surface area contributed by atoms with Gasteiger partial charge in [0.25, 0.3) is 0 Å². The van der Waals surface area contributed by atoms with Gasteiger partial charge in [-0.05, 0) is 49.4 Å². The Morgan fingerprint density at radius 2 is 1.31 bits per heavy atom. The molecule has 0 spiro atoms. The van der Waals surface area contributed by atoms with Crippen LogP contribution in [-0.4, -0.2) is 17.3 Å². The molecule has 3 rings (SSSR count). The van der Waals surface area contributed by atoms with Gasteiger partial charge in [-0.2, -0.15) is 0 Å². The molecule has 3 nitrogen and oxygen atoms in total. The van der Waals surface area contributed by atoms with E-state index in [0.29, 0.717) is 18.4 Å². The van der Waals surface area contributed by atoms with E-state index in [1.54, 1.807) is 36.0 Å². The standard InChI is InChI=1S/C35H42O3S/c1-5-6-7-14-24-35(4,25-23-26(2)27(3)32(36)33(37)28-15-10-8-11-16-28)34(38)29-19-21-31(22-20-29)39-30-17-12-9-13-18-30/h8-13,15-22,26-27H,5-7,14,23-25H2,1-4H3/t26-,27+,35?/m1/s1. The van der Waals surface area contributed by atoms with Crippen LogP contribution in [0.3, 0.4) is 0 Å². The zero-order valence-corrected chi connectivity index (χ0v) is 24.6. The van der Waals surface area contributed by atoms with E-state index in [1.807, 2.05) is 62.4 Å². The number of hydrogen-bond donors (Lipinski definition) is 0. The van der Waals surface area contributed by atoms with Gasteiger partial charge in [0, 0.05) is 32.3 Å². The molecule has 0 saturated heterocycles. The van der Waals surface area contributed by atoms with Crippen molar-refractivity contribution in [3.63, 3.8) is 0 Å². The summed E-state index contributed by atoms with van der Waals surface area (Å²) in [5, 5.41) is 0. The minimum absolute atomic E-state index is 0.00224. The van der Waals surface area contributed by atoms with Crippen molar-refractivity contribution in [2.24, 2.45) is 17.3 Å². The minimum atomic E-state index is -0.512. The summed E-state index contributed by atoms with van der Waals surface area (Å²) in [6.45, 7) is 8.15. The Kier molecular flexibility index (Phi) is 11.7. The number of carbonyl (C=O) groups excluding carboxylic acids is 3. The third-order valence-electron chi connectivity index (χ3n) is 7.90. The van der Waals surface area contributed by atoms with Crippen molar-refractivity contribution in [1.82, 2.24) is 0 Å². The summed E-state index contributed by atoms with van der Waals surface area (Å²) in [5.74, 6) is -1.01. The SMILES string of the molecule is CCCCCCC(C)(CC[C@@H](C)[C@H](C)C(=O)C(=O)c1ccccc1)C(=O)c1ccc(Sc2ccccc2)cc1. The number of unbranched alkanes of at least 4 members (excludes halogenated alkanes) is 3. The Labute approximate surface area is 238 Å². The molecule has 0 amide bonds. The number of hydrogen-bond acceptors (Lipinski definition) is 4. The molecule has 0 fully saturated rings. The molecule has 0 aromatic heterocycles. The van der Waals surface area contributed by atoms with Gasteiger partial charge in [-0.25, -0.2) is 0 Å². The Morgan fingerprint density at radius 3 is 1.92 bits per heavy atom. The number of ketones is 3. The van der Waals surface area contributed by atoms with Gasteiger partial charge in [-0.1, -0.05) is 126 Å². The van der Waals surface area contributed by atoms with E-state index in [0.717, 1.165) is 36.1 Å². The molecular weight excluding hydrogens is 500 g/mol. The normalized spacial score (nSPS) is 14.3. The smallest absolute Gasteiger partial charge is 0.228 e. The van der Waals surface area contributed by atoms with Crippen molar-refractivity contribution < 1.29 is 14.4 Å². The molecule has 0 aliphatic rings. The highest BCUT2D eigenvalue weighted by Crippen LogP contribution is 2.37. The van der Waals surface area contributed by atoms with Crippen LogP contribution in [0.15, 0.2) is 94.7 Å². The largest absolute Gasteiger partial charge is 0.294 e. The molecule has 0 aliphatic carbocycles. The summed E-state index contributed by atoms with van der Waals surface area (Å²) in [4.78, 5) is 41.8. The van der Waals surface area contributed by atoms with E-state index in [9.17, 15) is 14.4 Å². The van der Waals surface area contributed by atoms with Crippen molar-refractivity contribution in [2.45, 2.75) is 82.4 Å². The molecule has 1 unspecified atom stereocenters. The van der Waals surface area contributed by atoms with E-state index in [4.69, 9.17) is 0 Å². The van der Waals surface area contributed by atoms with Crippen molar-refractivity contribution in [3.05, 3.63) is 96.1 Å². The van der Waals surface area contributed by atoms with Gasteiger partial charge in [0.05, 0.1) is 0 Å². The molecule has 0 N–H and O–H groups in total. The Morgan fingerprint density at radius 1 is 0.718 bits per heavy atom. The first-order chi connectivity index (χ1) is 18.7. The van der Waals surface area contributed by atoms with Crippen LogP contribution in [0.5, 0.6) is 0 Å². The molecule has 0 radical (unpaired) electrons. The maximum Gasteiger partial charge on any atom is 0.228 e. The van der Waals surface area contributed by atoms with Crippen molar-refractivity contribution in [1.29, 1.82) is 0 Å². The van der Waals surface area contributed by atoms with Crippen molar-refractivity contribution in [2.75, 3.05) is 0 Å². The summed E-state index contributed by atoms with van der Waals surface area (Å²) in [7, 11) is 0. The van der Waals surface area contributed by atoms with Gasteiger partial charge in [0.2, 0.25) is 11.6 Å². The number of benzene rings is 3. The molecule has 0 bridgehead atoms. The minimum Gasteiger partial charge on any atom is -0.294 e. The molecule has 3 aromatic rings. The first-order valence-corrected chi connectivity index (χ1v) is 15.1. The van der Waals surface area contributed by atoms with E-state index in [1.165, 1.54) is 11.3 Å². The molecule has 0 heterocycles. The van der Waals surface area contributed by atoms with Crippen LogP contribution in [0.25, 0.3) is 0 Å². The van der Waals surface area contributed by atoms with Gasteiger partial charge >= 0.3 is 0 Å². The van der Waals surface area contributed by atoms with Crippen LogP contribution in [0.4, 0.5) is 0 Å². The third kappa shape index (κ3) is 8.76. The molecule has 0 saturated carbocycles. The summed E-state index contributed by atoms with van der Waals surface area (Å²) in [5.41, 5.74) is 0.662. The number of rotatable bonds is 16. The lowest BCUT2D eigenvalue weighted by Gasteiger charge is -2.31. The second-order valence-electron chi connectivity index (χ2n) is 11.0. The average molecular weight is 543 g/mol. The van der Waals surface area contributed by atoms with Crippen molar-refractivity contribution in [3.8, 4) is 0 Å². The summed E-state index contributed by atoms with van der Waals surface area (Å²) in [6.07, 6.45) is 6.67. The fourth-order valence-corrected chi connectivity index (χ4v) is 5.77. The van der Waals surface area contributed by atoms with E-state index < -0.39 is 17.1 Å². The molecule has 3 atom stereocenters. The lowest BCUT2D eigenvalue weighted by Crippen LogP contribution is -2.31. The van der Waals surface area contributed by atoms with Gasteiger partial charge in [-0.3, -0.25) is 14.4 Å². The van der Waals surface area contributed by atoms with Gasteiger partial charge < -0.3 is 0 Å². The van der Waals surface area contributed by atoms with Gasteiger partial charge in [0.1, 0.15) is 0 Å². The van der Waals surface area contributed by atoms with Crippen LogP contribution in [-0.2, 0) is 4.79 Å². The zero-order valence-electron chi connectivity index (χ0n) is 23.8. The zero-order chi connectivity index (χ0) is 28.3. The second kappa shape index (κ2) is 15.0. The van der Waals surface area contributed by atoms with Crippen molar-refractivity contribution >= 4 is 29.1 Å². The summed E-state index contributed by atoms with van der Waals surface area (Å²) in [6, 6.07) is 26.9. The van der Waals surface area contributed by atoms with Crippen LogP contribution in [0.1, 0.15) is 93.4 Å². The molecule has 206 valence electrons. The van der Waals surface area contributed by atoms with Gasteiger partial charge in [0.15, 0.2) is 5.78 Å². The molecular formula is C35H42O3S. The highest BCUT2D eigenvalue weighted by molar-refractivity contribution is 7.99. The molecule has 39 heavy (non-hydrogen) atoms. The quantitative estimate of drug-likeness (QED) is 0.103. The van der Waals surface area contributed by atoms with Crippen LogP contribution < -0.4 is 0 Å². The second-order valence-corrected chi connectivity index (χ2v) is 12.2. The van der Waals surface area contributed by atoms with Crippen LogP contribution >= 0.6 is 11.8 Å². The fourth-order valence-electron chi connectivity index (χ4n) is 4.93. The average Bonchev–Trinajstić information content (AvgIpc) is 2.98. The number of carbonyl (C=O) groups is 3. The third-order valence-corrected chi connectivity index (χ3v) is 8.92. The Balaban J connectivity index is 1.69. The van der Waals surface area contributed by atoms with Crippen LogP contribution in [0, 0.1) is 17.3 Å². The predicted octanol–water partition coefficient (Wildman–Crippen LogP) is 9.50. The maximum absolute atomic E-state index is 13.9. The van der Waals surface area contributed by atoms with E-state index >= 15 is 0 Å².